The van der Waals surface area contributed by atoms with Crippen LogP contribution in [0.3, 0.4) is 0 Å². The molecule has 30 heavy (non-hydrogen) atoms. The van der Waals surface area contributed by atoms with Crippen LogP contribution in [0.25, 0.3) is 0 Å². The third-order valence-corrected chi connectivity index (χ3v) is 7.11. The van der Waals surface area contributed by atoms with Gasteiger partial charge in [-0.25, -0.2) is 0 Å². The Kier molecular flexibility index (Phi) is 5.52. The summed E-state index contributed by atoms with van der Waals surface area (Å²) in [6.07, 6.45) is 5.59. The number of para-hydroxylation sites is 1. The molecule has 3 fully saturated rings. The van der Waals surface area contributed by atoms with Crippen molar-refractivity contribution in [2.45, 2.75) is 37.3 Å². The van der Waals surface area contributed by atoms with Crippen LogP contribution in [0.5, 0.6) is 0 Å². The second kappa shape index (κ2) is 8.44. The normalized spacial score (nSPS) is 24.9. The Bertz CT molecular complexity index is 823. The van der Waals surface area contributed by atoms with Crippen LogP contribution in [0.1, 0.15) is 36.2 Å². The molecule has 3 aliphatic heterocycles. The van der Waals surface area contributed by atoms with E-state index in [-0.39, 0.29) is 11.5 Å². The van der Waals surface area contributed by atoms with E-state index < -0.39 is 0 Å². The molecule has 1 atom stereocenters. The zero-order valence-electron chi connectivity index (χ0n) is 17.5. The van der Waals surface area contributed by atoms with Gasteiger partial charge in [-0.05, 0) is 49.9 Å². The molecule has 3 aliphatic rings. The van der Waals surface area contributed by atoms with Gasteiger partial charge in [0, 0.05) is 57.6 Å². The summed E-state index contributed by atoms with van der Waals surface area (Å²) >= 11 is 0. The Hall–Kier alpha value is -2.31. The number of anilines is 1. The summed E-state index contributed by atoms with van der Waals surface area (Å²) in [5.74, 6) is 0.434. The van der Waals surface area contributed by atoms with Gasteiger partial charge in [0.2, 0.25) is 0 Å². The lowest BCUT2D eigenvalue weighted by Crippen LogP contribution is -2.57. The van der Waals surface area contributed by atoms with Crippen molar-refractivity contribution in [1.82, 2.24) is 9.80 Å². The minimum atomic E-state index is -0.0700. The van der Waals surface area contributed by atoms with Gasteiger partial charge in [-0.3, -0.25) is 9.69 Å². The number of amides is 1. The zero-order valence-corrected chi connectivity index (χ0v) is 17.5. The summed E-state index contributed by atoms with van der Waals surface area (Å²) in [6.45, 7) is 6.70. The number of likely N-dealkylation sites (tertiary alicyclic amines) is 1. The van der Waals surface area contributed by atoms with Gasteiger partial charge in [0.15, 0.2) is 5.76 Å². The van der Waals surface area contributed by atoms with E-state index in [4.69, 9.17) is 9.15 Å². The van der Waals surface area contributed by atoms with Crippen LogP contribution in [-0.4, -0.2) is 73.2 Å². The molecule has 160 valence electrons. The summed E-state index contributed by atoms with van der Waals surface area (Å²) < 4.78 is 11.6. The standard InChI is InChI=1S/C24H31N3O3/c28-23(22-7-4-17-29-22)27-11-9-24(10-12-27)19-21(8-18-30-24)26-15-13-25(14-16-26)20-5-2-1-3-6-20/h1-7,17,21H,8-16,18-19H2/t21-/m0/s1. The predicted octanol–water partition coefficient (Wildman–Crippen LogP) is 3.26. The molecule has 5 rings (SSSR count). The quantitative estimate of drug-likeness (QED) is 0.779. The van der Waals surface area contributed by atoms with Gasteiger partial charge in [-0.1, -0.05) is 18.2 Å². The summed E-state index contributed by atoms with van der Waals surface area (Å²) in [5.41, 5.74) is 1.26. The number of carbonyl (C=O) groups excluding carboxylic acids is 1. The highest BCUT2D eigenvalue weighted by Gasteiger charge is 2.43. The minimum Gasteiger partial charge on any atom is -0.459 e. The first kappa shape index (κ1) is 19.6. The number of rotatable bonds is 3. The molecule has 3 saturated heterocycles. The first-order valence-corrected chi connectivity index (χ1v) is 11.2. The Morgan fingerprint density at radius 3 is 2.40 bits per heavy atom. The second-order valence-electron chi connectivity index (χ2n) is 8.81. The predicted molar refractivity (Wildman–Crippen MR) is 116 cm³/mol. The van der Waals surface area contributed by atoms with E-state index >= 15 is 0 Å². The van der Waals surface area contributed by atoms with Gasteiger partial charge in [0.05, 0.1) is 11.9 Å². The molecule has 0 aliphatic carbocycles. The lowest BCUT2D eigenvalue weighted by Gasteiger charge is -2.49. The molecule has 1 spiro atoms. The summed E-state index contributed by atoms with van der Waals surface area (Å²) in [6, 6.07) is 14.8. The number of piperazine rings is 1. The molecular weight excluding hydrogens is 378 g/mol. The van der Waals surface area contributed by atoms with Gasteiger partial charge < -0.3 is 19.0 Å². The number of ether oxygens (including phenoxy) is 1. The number of hydrogen-bond acceptors (Lipinski definition) is 5. The lowest BCUT2D eigenvalue weighted by atomic mass is 9.81. The number of piperidine rings is 1. The summed E-state index contributed by atoms with van der Waals surface area (Å²) in [7, 11) is 0. The molecule has 0 N–H and O–H groups in total. The fourth-order valence-corrected chi connectivity index (χ4v) is 5.32. The van der Waals surface area contributed by atoms with Crippen molar-refractivity contribution >= 4 is 11.6 Å². The minimum absolute atomic E-state index is 0.000701. The smallest absolute Gasteiger partial charge is 0.289 e. The van der Waals surface area contributed by atoms with Crippen molar-refractivity contribution in [2.75, 3.05) is 50.8 Å². The average Bonchev–Trinajstić information content (AvgIpc) is 3.35. The molecule has 2 aromatic rings. The van der Waals surface area contributed by atoms with E-state index in [1.165, 1.54) is 5.69 Å². The molecular formula is C24H31N3O3. The first-order chi connectivity index (χ1) is 14.7. The van der Waals surface area contributed by atoms with Crippen molar-refractivity contribution < 1.29 is 13.9 Å². The topological polar surface area (TPSA) is 49.2 Å². The van der Waals surface area contributed by atoms with E-state index in [1.54, 1.807) is 18.4 Å². The molecule has 0 unspecified atom stereocenters. The SMILES string of the molecule is O=C(c1ccco1)N1CCC2(CC1)C[C@@H](N1CCN(c3ccccc3)CC1)CCO2. The fraction of sp³-hybridized carbons (Fsp3) is 0.542. The third-order valence-electron chi connectivity index (χ3n) is 7.11. The molecule has 6 nitrogen and oxygen atoms in total. The zero-order chi connectivity index (χ0) is 20.4. The highest BCUT2D eigenvalue weighted by atomic mass is 16.5. The van der Waals surface area contributed by atoms with E-state index in [0.717, 1.165) is 71.6 Å². The number of benzene rings is 1. The Labute approximate surface area is 178 Å². The van der Waals surface area contributed by atoms with Gasteiger partial charge in [0.25, 0.3) is 5.91 Å². The van der Waals surface area contributed by atoms with Gasteiger partial charge in [-0.15, -0.1) is 0 Å². The van der Waals surface area contributed by atoms with Crippen LogP contribution in [0.15, 0.2) is 53.1 Å². The molecule has 6 heteroatoms. The molecule has 1 aromatic heterocycles. The molecule has 0 bridgehead atoms. The number of hydrogen-bond donors (Lipinski definition) is 0. The second-order valence-corrected chi connectivity index (χ2v) is 8.81. The fourth-order valence-electron chi connectivity index (χ4n) is 5.32. The van der Waals surface area contributed by atoms with Gasteiger partial charge in [-0.2, -0.15) is 0 Å². The van der Waals surface area contributed by atoms with E-state index in [0.29, 0.717) is 11.8 Å². The average molecular weight is 410 g/mol. The highest BCUT2D eigenvalue weighted by molar-refractivity contribution is 5.91. The van der Waals surface area contributed by atoms with E-state index in [2.05, 4.69) is 40.1 Å². The van der Waals surface area contributed by atoms with Gasteiger partial charge in [0.1, 0.15) is 0 Å². The molecule has 0 saturated carbocycles. The van der Waals surface area contributed by atoms with Crippen LogP contribution < -0.4 is 4.90 Å². The van der Waals surface area contributed by atoms with Crippen molar-refractivity contribution in [3.05, 3.63) is 54.5 Å². The van der Waals surface area contributed by atoms with Crippen LogP contribution in [0, 0.1) is 0 Å². The first-order valence-electron chi connectivity index (χ1n) is 11.2. The van der Waals surface area contributed by atoms with E-state index in [1.807, 2.05) is 4.90 Å². The number of furan rings is 1. The summed E-state index contributed by atoms with van der Waals surface area (Å²) in [5, 5.41) is 0. The molecule has 0 radical (unpaired) electrons. The van der Waals surface area contributed by atoms with Gasteiger partial charge >= 0.3 is 0 Å². The molecule has 1 aromatic carbocycles. The van der Waals surface area contributed by atoms with Crippen molar-refractivity contribution in [3.8, 4) is 0 Å². The van der Waals surface area contributed by atoms with Crippen LogP contribution >= 0.6 is 0 Å². The van der Waals surface area contributed by atoms with Crippen molar-refractivity contribution in [2.24, 2.45) is 0 Å². The Morgan fingerprint density at radius 1 is 0.933 bits per heavy atom. The van der Waals surface area contributed by atoms with Crippen LogP contribution in [-0.2, 0) is 4.74 Å². The molecule has 1 amide bonds. The monoisotopic (exact) mass is 409 g/mol. The Balaban J connectivity index is 1.15. The maximum atomic E-state index is 12.6. The number of carbonyl (C=O) groups is 1. The third kappa shape index (κ3) is 3.98. The molecule has 4 heterocycles. The maximum Gasteiger partial charge on any atom is 0.289 e. The maximum absolute atomic E-state index is 12.6. The van der Waals surface area contributed by atoms with E-state index in [9.17, 15) is 4.79 Å². The van der Waals surface area contributed by atoms with Crippen molar-refractivity contribution in [3.63, 3.8) is 0 Å². The van der Waals surface area contributed by atoms with Crippen LogP contribution in [0.2, 0.25) is 0 Å². The largest absolute Gasteiger partial charge is 0.459 e. The Morgan fingerprint density at radius 2 is 1.70 bits per heavy atom. The highest BCUT2D eigenvalue weighted by Crippen LogP contribution is 2.37. The lowest BCUT2D eigenvalue weighted by molar-refractivity contribution is -0.130. The van der Waals surface area contributed by atoms with Crippen molar-refractivity contribution in [1.29, 1.82) is 0 Å². The summed E-state index contributed by atoms with van der Waals surface area (Å²) in [4.78, 5) is 19.6. The number of nitrogens with zero attached hydrogens (tertiary/aromatic N) is 3. The van der Waals surface area contributed by atoms with Crippen LogP contribution in [0.4, 0.5) is 5.69 Å².